The predicted octanol–water partition coefficient (Wildman–Crippen LogP) is 10.0. The second-order valence-electron chi connectivity index (χ2n) is 11.1. The van der Waals surface area contributed by atoms with Gasteiger partial charge in [-0.2, -0.15) is 5.26 Å². The standard InChI is InChI=1S/C23H28F2.C7H8FNO.C2H5F.C2H4O2.C2H6/c1-4-21(23(5-2)11-12-23)16(3)13-18-14-19(24)15-20(22(18)25)17-9-7-6-8-10-17;1-5(10)7(4-9)2-6(8)3-7;1-2-3;1-4-2-3;1-2/h6-10,14-16,21H,4-5,11-13H2,1-3H3;6H,2-3H2,1H3;2H2,1H3;2H,1H3;1-2H3/t16-,21+;;;;/m0..../s1. The van der Waals surface area contributed by atoms with Crippen molar-refractivity contribution < 1.29 is 31.9 Å². The molecule has 4 rings (SSSR count). The summed E-state index contributed by atoms with van der Waals surface area (Å²) in [7, 11) is 1.31. The fourth-order valence-corrected chi connectivity index (χ4v) is 5.85. The Hall–Kier alpha value is -3.21. The summed E-state index contributed by atoms with van der Waals surface area (Å²) in [6, 6.07) is 13.8. The van der Waals surface area contributed by atoms with Crippen molar-refractivity contribution in [3.8, 4) is 17.2 Å². The van der Waals surface area contributed by atoms with Crippen LogP contribution in [0.25, 0.3) is 11.1 Å². The van der Waals surface area contributed by atoms with Gasteiger partial charge in [-0.05, 0) is 73.6 Å². The Morgan fingerprint density at radius 1 is 1.11 bits per heavy atom. The summed E-state index contributed by atoms with van der Waals surface area (Å²) < 4.78 is 55.7. The van der Waals surface area contributed by atoms with Gasteiger partial charge in [-0.3, -0.25) is 14.0 Å². The van der Waals surface area contributed by atoms with Crippen molar-refractivity contribution in [3.05, 3.63) is 59.7 Å². The topological polar surface area (TPSA) is 67.2 Å². The number of ether oxygens (including phenoxy) is 1. The number of alkyl halides is 2. The van der Waals surface area contributed by atoms with Gasteiger partial charge < -0.3 is 4.74 Å². The second-order valence-corrected chi connectivity index (χ2v) is 11.1. The summed E-state index contributed by atoms with van der Waals surface area (Å²) in [6.07, 6.45) is 4.72. The van der Waals surface area contributed by atoms with E-state index in [1.165, 1.54) is 52.4 Å². The lowest BCUT2D eigenvalue weighted by Gasteiger charge is -2.35. The van der Waals surface area contributed by atoms with Crippen LogP contribution in [0.15, 0.2) is 42.5 Å². The maximum Gasteiger partial charge on any atom is 0.292 e. The van der Waals surface area contributed by atoms with E-state index in [1.54, 1.807) is 0 Å². The van der Waals surface area contributed by atoms with Gasteiger partial charge in [0.1, 0.15) is 29.0 Å². The third-order valence-electron chi connectivity index (χ3n) is 8.37. The van der Waals surface area contributed by atoms with Gasteiger partial charge >= 0.3 is 0 Å². The van der Waals surface area contributed by atoms with E-state index in [0.717, 1.165) is 12.0 Å². The summed E-state index contributed by atoms with van der Waals surface area (Å²) in [5.74, 6) is 0.111. The number of carbonyl (C=O) groups is 2. The number of methoxy groups -OCH3 is 1. The molecule has 2 aliphatic rings. The lowest BCUT2D eigenvalue weighted by atomic mass is 9.66. The molecule has 2 aliphatic carbocycles. The Balaban J connectivity index is 0.000000801. The van der Waals surface area contributed by atoms with Crippen LogP contribution in [0.3, 0.4) is 0 Å². The molecule has 2 fully saturated rings. The molecule has 0 unspecified atom stereocenters. The predicted molar refractivity (Wildman–Crippen MR) is 169 cm³/mol. The molecule has 8 heteroatoms. The van der Waals surface area contributed by atoms with Gasteiger partial charge in [-0.1, -0.05) is 77.8 Å². The number of hydrogen-bond donors (Lipinski definition) is 0. The van der Waals surface area contributed by atoms with Gasteiger partial charge in [0.15, 0.2) is 0 Å². The molecular formula is C36H51F4NO3. The van der Waals surface area contributed by atoms with Crippen LogP contribution in [0, 0.1) is 45.6 Å². The minimum atomic E-state index is -0.973. The molecule has 0 amide bonds. The molecule has 4 nitrogen and oxygen atoms in total. The van der Waals surface area contributed by atoms with Crippen molar-refractivity contribution in [1.82, 2.24) is 0 Å². The highest BCUT2D eigenvalue weighted by atomic mass is 19.1. The number of carbonyl (C=O) groups excluding carboxylic acids is 2. The first kappa shape index (κ1) is 40.8. The van der Waals surface area contributed by atoms with Crippen LogP contribution < -0.4 is 0 Å². The number of rotatable bonds is 9. The highest BCUT2D eigenvalue weighted by Crippen LogP contribution is 2.58. The maximum absolute atomic E-state index is 15.1. The normalized spacial score (nSPS) is 19.8. The van der Waals surface area contributed by atoms with Crippen LogP contribution in [0.2, 0.25) is 0 Å². The molecular weight excluding hydrogens is 570 g/mol. The number of ketones is 1. The summed E-state index contributed by atoms with van der Waals surface area (Å²) in [5.41, 5.74) is 1.08. The van der Waals surface area contributed by atoms with Crippen molar-refractivity contribution in [2.75, 3.05) is 13.8 Å². The Labute approximate surface area is 262 Å². The zero-order chi connectivity index (χ0) is 33.9. The summed E-state index contributed by atoms with van der Waals surface area (Å²) >= 11 is 0. The molecule has 0 aliphatic heterocycles. The quantitative estimate of drug-likeness (QED) is 0.206. The molecule has 246 valence electrons. The minimum Gasteiger partial charge on any atom is -0.471 e. The first-order chi connectivity index (χ1) is 20.9. The fraction of sp³-hybridized carbons (Fsp3) is 0.583. The molecule has 0 spiro atoms. The van der Waals surface area contributed by atoms with E-state index < -0.39 is 11.6 Å². The van der Waals surface area contributed by atoms with E-state index in [0.29, 0.717) is 41.3 Å². The maximum atomic E-state index is 15.1. The summed E-state index contributed by atoms with van der Waals surface area (Å²) in [4.78, 5) is 19.7. The third kappa shape index (κ3) is 11.7. The van der Waals surface area contributed by atoms with E-state index in [9.17, 15) is 18.0 Å². The third-order valence-corrected chi connectivity index (χ3v) is 8.37. The smallest absolute Gasteiger partial charge is 0.292 e. The first-order valence-electron chi connectivity index (χ1n) is 15.6. The number of hydrogen-bond acceptors (Lipinski definition) is 4. The molecule has 0 N–H and O–H groups in total. The van der Waals surface area contributed by atoms with Crippen molar-refractivity contribution >= 4 is 12.3 Å². The largest absolute Gasteiger partial charge is 0.471 e. The van der Waals surface area contributed by atoms with Crippen LogP contribution in [0.4, 0.5) is 17.6 Å². The molecule has 0 radical (unpaired) electrons. The van der Waals surface area contributed by atoms with Gasteiger partial charge in [-0.25, -0.2) is 13.2 Å². The lowest BCUT2D eigenvalue weighted by Crippen LogP contribution is -2.42. The number of halogens is 4. The van der Waals surface area contributed by atoms with Crippen LogP contribution >= 0.6 is 0 Å². The highest BCUT2D eigenvalue weighted by molar-refractivity contribution is 5.86. The molecule has 2 atom stereocenters. The van der Waals surface area contributed by atoms with Crippen LogP contribution in [-0.4, -0.2) is 32.2 Å². The van der Waals surface area contributed by atoms with Crippen LogP contribution in [-0.2, 0) is 20.7 Å². The Morgan fingerprint density at radius 2 is 1.64 bits per heavy atom. The molecule has 2 saturated carbocycles. The molecule has 44 heavy (non-hydrogen) atoms. The van der Waals surface area contributed by atoms with Crippen LogP contribution in [0.1, 0.15) is 92.6 Å². The Bertz CT molecular complexity index is 1160. The van der Waals surface area contributed by atoms with Gasteiger partial charge in [0.25, 0.3) is 6.47 Å². The fourth-order valence-electron chi connectivity index (χ4n) is 5.85. The zero-order valence-corrected chi connectivity index (χ0v) is 27.7. The highest BCUT2D eigenvalue weighted by Gasteiger charge is 2.49. The van der Waals surface area contributed by atoms with E-state index in [2.05, 4.69) is 25.5 Å². The van der Waals surface area contributed by atoms with Crippen molar-refractivity contribution in [2.24, 2.45) is 22.7 Å². The van der Waals surface area contributed by atoms with Crippen molar-refractivity contribution in [1.29, 1.82) is 5.26 Å². The number of Topliss-reactive ketones (excluding diaryl/α,β-unsaturated/α-hetero) is 1. The molecule has 0 heterocycles. The van der Waals surface area contributed by atoms with Crippen LogP contribution in [0.5, 0.6) is 0 Å². The average Bonchev–Trinajstić information content (AvgIpc) is 3.80. The van der Waals surface area contributed by atoms with Crippen molar-refractivity contribution in [2.45, 2.75) is 99.6 Å². The molecule has 0 aromatic heterocycles. The second kappa shape index (κ2) is 20.7. The minimum absolute atomic E-state index is 0.0961. The molecule has 0 saturated heterocycles. The van der Waals surface area contributed by atoms with E-state index in [4.69, 9.17) is 10.1 Å². The van der Waals surface area contributed by atoms with Gasteiger partial charge in [0.05, 0.1) is 19.9 Å². The summed E-state index contributed by atoms with van der Waals surface area (Å²) in [6.45, 7) is 13.6. The van der Waals surface area contributed by atoms with Gasteiger partial charge in [0.2, 0.25) is 0 Å². The Kier molecular flexibility index (Phi) is 19.2. The molecule has 2 aromatic carbocycles. The van der Waals surface area contributed by atoms with Gasteiger partial charge in [0, 0.05) is 18.4 Å². The SMILES string of the molecule is CC.CC(=O)C1(C#N)CC(F)C1.CCF.CC[C@H]([C@@H](C)Cc1cc(F)cc(-c2ccccc2)c1F)C1(CC)CC1.COC=O. The summed E-state index contributed by atoms with van der Waals surface area (Å²) in [5, 5.41) is 8.49. The van der Waals surface area contributed by atoms with E-state index >= 15 is 4.39 Å². The monoisotopic (exact) mass is 621 g/mol. The lowest BCUT2D eigenvalue weighted by molar-refractivity contribution is -0.130. The van der Waals surface area contributed by atoms with Crippen molar-refractivity contribution in [3.63, 3.8) is 0 Å². The molecule has 0 bridgehead atoms. The number of benzene rings is 2. The van der Waals surface area contributed by atoms with E-state index in [-0.39, 0.29) is 36.9 Å². The van der Waals surface area contributed by atoms with E-state index in [1.807, 2.05) is 50.2 Å². The molecule has 2 aromatic rings. The number of nitriles is 1. The zero-order valence-electron chi connectivity index (χ0n) is 27.7. The number of nitrogens with zero attached hydrogens (tertiary/aromatic N) is 1. The Morgan fingerprint density at radius 3 is 1.98 bits per heavy atom. The first-order valence-corrected chi connectivity index (χ1v) is 15.6. The van der Waals surface area contributed by atoms with Gasteiger partial charge in [-0.15, -0.1) is 0 Å². The average molecular weight is 622 g/mol.